The lowest BCUT2D eigenvalue weighted by molar-refractivity contribution is -0.117. The zero-order chi connectivity index (χ0) is 23.8. The van der Waals surface area contributed by atoms with Crippen molar-refractivity contribution >= 4 is 28.4 Å². The molecule has 3 aromatic rings. The van der Waals surface area contributed by atoms with Crippen LogP contribution >= 0.6 is 0 Å². The molecule has 2 atom stereocenters. The molecule has 1 saturated carbocycles. The molecule has 1 fully saturated rings. The van der Waals surface area contributed by atoms with E-state index in [0.29, 0.717) is 16.9 Å². The molecule has 9 heteroatoms. The van der Waals surface area contributed by atoms with Gasteiger partial charge >= 0.3 is 0 Å². The molecule has 0 saturated heterocycles. The molecule has 0 unspecified atom stereocenters. The number of aromatic nitrogens is 4. The maximum Gasteiger partial charge on any atom is 0.228 e. The largest absolute Gasteiger partial charge is 0.492 e. The van der Waals surface area contributed by atoms with Crippen LogP contribution in [0, 0.1) is 29.5 Å². The first-order valence-corrected chi connectivity index (χ1v) is 9.11. The smallest absolute Gasteiger partial charge is 0.228 e. The third-order valence-corrected chi connectivity index (χ3v) is 4.81. The molecule has 1 aliphatic rings. The Kier molecular flexibility index (Phi) is 4.23. The van der Waals surface area contributed by atoms with Gasteiger partial charge in [-0.05, 0) is 24.3 Å². The van der Waals surface area contributed by atoms with Gasteiger partial charge in [0.15, 0.2) is 23.2 Å². The summed E-state index contributed by atoms with van der Waals surface area (Å²) in [6, 6.07) is 2.68. The Bertz CT molecular complexity index is 1300. The van der Waals surface area contributed by atoms with Crippen molar-refractivity contribution in [2.24, 2.45) is 11.8 Å². The Morgan fingerprint density at radius 1 is 1.30 bits per heavy atom. The number of rotatable bonds is 4. The molecule has 0 radical (unpaired) electrons. The molecule has 2 N–H and O–H groups in total. The van der Waals surface area contributed by atoms with Crippen molar-refractivity contribution in [3.63, 3.8) is 0 Å². The topological polar surface area (TPSA) is 102 Å². The van der Waals surface area contributed by atoms with Crippen molar-refractivity contribution in [3.05, 3.63) is 41.6 Å². The zero-order valence-electron chi connectivity index (χ0n) is 19.2. The number of methoxy groups -OCH3 is 1. The van der Waals surface area contributed by atoms with Crippen molar-refractivity contribution < 1.29 is 18.0 Å². The minimum absolute atomic E-state index is 0.00611. The second-order valence-corrected chi connectivity index (χ2v) is 6.90. The van der Waals surface area contributed by atoms with Crippen LogP contribution in [0.4, 0.5) is 16.0 Å². The van der Waals surface area contributed by atoms with E-state index in [2.05, 4.69) is 42.6 Å². The molecule has 3 aromatic heterocycles. The fourth-order valence-corrected chi connectivity index (χ4v) is 2.96. The van der Waals surface area contributed by atoms with E-state index in [1.807, 2.05) is 6.92 Å². The summed E-state index contributed by atoms with van der Waals surface area (Å²) in [5.74, 6) is 5.27. The number of anilines is 2. The maximum atomic E-state index is 13.9. The number of ether oxygens (including phenoxy) is 1. The van der Waals surface area contributed by atoms with Gasteiger partial charge in [0.1, 0.15) is 11.2 Å². The van der Waals surface area contributed by atoms with Gasteiger partial charge in [-0.3, -0.25) is 4.79 Å². The van der Waals surface area contributed by atoms with Crippen LogP contribution in [0.1, 0.15) is 28.7 Å². The average molecular weight is 409 g/mol. The Balaban J connectivity index is 1.74. The number of fused-ring (bicyclic) bond motifs is 1. The normalized spacial score (nSPS) is 19.0. The van der Waals surface area contributed by atoms with Gasteiger partial charge in [0.25, 0.3) is 0 Å². The van der Waals surface area contributed by atoms with E-state index in [9.17, 15) is 9.18 Å². The van der Waals surface area contributed by atoms with Crippen LogP contribution in [0.15, 0.2) is 24.5 Å². The van der Waals surface area contributed by atoms with Gasteiger partial charge < -0.3 is 15.4 Å². The van der Waals surface area contributed by atoms with Gasteiger partial charge in [0.05, 0.1) is 18.9 Å². The number of carbonyl (C=O) groups excluding carboxylic acids is 1. The molecule has 3 heterocycles. The second kappa shape index (κ2) is 7.91. The highest BCUT2D eigenvalue weighted by Crippen LogP contribution is 2.38. The summed E-state index contributed by atoms with van der Waals surface area (Å²) in [6.45, 7) is -0.521. The summed E-state index contributed by atoms with van der Waals surface area (Å²) >= 11 is 0. The summed E-state index contributed by atoms with van der Waals surface area (Å²) < 4.78 is 41.1. The van der Waals surface area contributed by atoms with Crippen LogP contribution in [0.5, 0.6) is 5.75 Å². The number of hydrogen-bond donors (Lipinski definition) is 2. The van der Waals surface area contributed by atoms with Gasteiger partial charge in [0.2, 0.25) is 5.91 Å². The molecule has 30 heavy (non-hydrogen) atoms. The summed E-state index contributed by atoms with van der Waals surface area (Å²) in [7, 11) is 1.33. The Morgan fingerprint density at radius 2 is 2.13 bits per heavy atom. The number of nitrogens with zero attached hydrogens (tertiary/aromatic N) is 4. The first-order valence-electron chi connectivity index (χ1n) is 10.6. The number of pyridine rings is 2. The molecule has 0 spiro atoms. The van der Waals surface area contributed by atoms with Crippen molar-refractivity contribution in [2.75, 3.05) is 24.7 Å². The van der Waals surface area contributed by atoms with Crippen LogP contribution < -0.4 is 15.4 Å². The predicted octanol–water partition coefficient (Wildman–Crippen LogP) is 2.60. The molecule has 8 nitrogen and oxygen atoms in total. The molecule has 0 aromatic carbocycles. The van der Waals surface area contributed by atoms with E-state index in [1.165, 1.54) is 19.5 Å². The predicted molar refractivity (Wildman–Crippen MR) is 110 cm³/mol. The molecular formula is C21H19FN6O2. The fraction of sp³-hybridized carbons (Fsp3) is 0.286. The lowest BCUT2D eigenvalue weighted by Gasteiger charge is -2.08. The quantitative estimate of drug-likeness (QED) is 0.639. The number of nitrogens with one attached hydrogen (secondary N) is 2. The highest BCUT2D eigenvalue weighted by molar-refractivity contribution is 5.97. The van der Waals surface area contributed by atoms with E-state index in [4.69, 9.17) is 8.85 Å². The fourth-order valence-electron chi connectivity index (χ4n) is 2.96. The molecule has 0 bridgehead atoms. The molecular weight excluding hydrogens is 387 g/mol. The highest BCUT2D eigenvalue weighted by atomic mass is 19.1. The monoisotopic (exact) mass is 409 g/mol. The summed E-state index contributed by atoms with van der Waals surface area (Å²) in [4.78, 5) is 20.4. The van der Waals surface area contributed by atoms with E-state index in [1.54, 1.807) is 6.07 Å². The van der Waals surface area contributed by atoms with Gasteiger partial charge in [-0.1, -0.05) is 12.8 Å². The second-order valence-electron chi connectivity index (χ2n) is 6.90. The molecule has 1 aliphatic carbocycles. The Morgan fingerprint density at radius 3 is 2.83 bits per heavy atom. The third-order valence-electron chi connectivity index (χ3n) is 4.81. The van der Waals surface area contributed by atoms with Crippen molar-refractivity contribution in [3.8, 4) is 17.6 Å². The maximum absolute atomic E-state index is 13.9. The molecule has 0 aliphatic heterocycles. The van der Waals surface area contributed by atoms with Gasteiger partial charge in [-0.15, -0.1) is 10.2 Å². The van der Waals surface area contributed by atoms with E-state index >= 15 is 0 Å². The molecule has 152 valence electrons. The lowest BCUT2D eigenvalue weighted by Crippen LogP contribution is -2.16. The summed E-state index contributed by atoms with van der Waals surface area (Å²) in [5, 5.41) is 13.5. The zero-order valence-corrected chi connectivity index (χ0v) is 16.2. The van der Waals surface area contributed by atoms with Gasteiger partial charge in [0, 0.05) is 34.7 Å². The first kappa shape index (κ1) is 16.0. The number of carbonyl (C=O) groups is 1. The minimum atomic E-state index is -2.51. The SMILES string of the molecule is [2H]C([2H])([2H])Nc1ncc(C#Cc2cc(F)c(OC)cn2)c2cc(NC(=O)[C@H]3C[C@H]3C)nnc12. The van der Waals surface area contributed by atoms with Crippen LogP contribution in [-0.2, 0) is 4.79 Å². The van der Waals surface area contributed by atoms with Crippen LogP contribution in [0.2, 0.25) is 0 Å². The third kappa shape index (κ3) is 3.85. The first-order chi connectivity index (χ1) is 15.6. The molecule has 1 amide bonds. The Labute approximate surface area is 176 Å². The minimum Gasteiger partial charge on any atom is -0.492 e. The Hall–Kier alpha value is -3.80. The number of hydrogen-bond acceptors (Lipinski definition) is 7. The van der Waals surface area contributed by atoms with E-state index in [0.717, 1.165) is 12.5 Å². The number of halogens is 1. The van der Waals surface area contributed by atoms with Crippen molar-refractivity contribution in [1.29, 1.82) is 0 Å². The number of amides is 1. The van der Waals surface area contributed by atoms with E-state index < -0.39 is 12.8 Å². The standard InChI is InChI=1S/C21H19FN6O2/c1-11-6-14(11)21(29)26-18-8-15-12(9-25-20(23-2)19(15)28-27-18)4-5-13-7-16(22)17(30-3)10-24-13/h7-11,14H,6H2,1-3H3,(H,23,25)(H,26,27,29)/t11-,14+/m1/s1/i2D3. The summed E-state index contributed by atoms with van der Waals surface area (Å²) in [6.07, 6.45) is 3.39. The van der Waals surface area contributed by atoms with Crippen molar-refractivity contribution in [1.82, 2.24) is 20.2 Å². The van der Waals surface area contributed by atoms with E-state index in [-0.39, 0.29) is 40.4 Å². The summed E-state index contributed by atoms with van der Waals surface area (Å²) in [5.41, 5.74) is 0.679. The van der Waals surface area contributed by atoms with Crippen LogP contribution in [-0.4, -0.2) is 40.2 Å². The lowest BCUT2D eigenvalue weighted by atomic mass is 10.1. The van der Waals surface area contributed by atoms with Crippen LogP contribution in [0.3, 0.4) is 0 Å². The molecule has 4 rings (SSSR count). The van der Waals surface area contributed by atoms with Crippen molar-refractivity contribution in [2.45, 2.75) is 13.3 Å². The average Bonchev–Trinajstić information content (AvgIpc) is 3.49. The van der Waals surface area contributed by atoms with Crippen LogP contribution in [0.25, 0.3) is 10.9 Å². The van der Waals surface area contributed by atoms with Gasteiger partial charge in [-0.25, -0.2) is 14.4 Å². The van der Waals surface area contributed by atoms with Gasteiger partial charge in [-0.2, -0.15) is 0 Å². The highest BCUT2D eigenvalue weighted by Gasteiger charge is 2.39.